The number of piperazine rings is 1. The van der Waals surface area contributed by atoms with E-state index >= 15 is 0 Å². The van der Waals surface area contributed by atoms with Gasteiger partial charge in [0, 0.05) is 45.0 Å². The summed E-state index contributed by atoms with van der Waals surface area (Å²) < 4.78 is 25.8. The molecule has 0 spiro atoms. The van der Waals surface area contributed by atoms with E-state index in [0.29, 0.717) is 67.6 Å². The standard InChI is InChI=1S/C33H35FN4O5/c1-3-38-28(22-36-17-19-37(20-18-36)31(39)26-15-8-9-16-27(26)34)29(32(40)42-4-2)30(35-33(38)41)23-11-10-14-25(21-23)43-24-12-6-5-7-13-24/h5-16,21,30H,3-4,17-20,22H2,1-2H3,(H,35,41). The van der Waals surface area contributed by atoms with Crippen molar-refractivity contribution in [2.45, 2.75) is 19.9 Å². The van der Waals surface area contributed by atoms with Crippen molar-refractivity contribution in [3.63, 3.8) is 0 Å². The zero-order valence-electron chi connectivity index (χ0n) is 24.3. The van der Waals surface area contributed by atoms with Crippen LogP contribution in [0.25, 0.3) is 0 Å². The van der Waals surface area contributed by atoms with Crippen molar-refractivity contribution in [1.82, 2.24) is 20.0 Å². The van der Waals surface area contributed by atoms with Gasteiger partial charge in [0.15, 0.2) is 0 Å². The first kappa shape index (κ1) is 29.8. The number of likely N-dealkylation sites (N-methyl/N-ethyl adjacent to an activating group) is 1. The fourth-order valence-corrected chi connectivity index (χ4v) is 5.42. The highest BCUT2D eigenvalue weighted by molar-refractivity contribution is 5.95. The number of carbonyl (C=O) groups is 3. The number of hydrogen-bond acceptors (Lipinski definition) is 6. The molecule has 10 heteroatoms. The molecule has 1 atom stereocenters. The summed E-state index contributed by atoms with van der Waals surface area (Å²) in [5.41, 5.74) is 1.63. The van der Waals surface area contributed by atoms with Gasteiger partial charge in [-0.25, -0.2) is 14.0 Å². The monoisotopic (exact) mass is 586 g/mol. The lowest BCUT2D eigenvalue weighted by Gasteiger charge is -2.40. The third-order valence-electron chi connectivity index (χ3n) is 7.56. The predicted octanol–water partition coefficient (Wildman–Crippen LogP) is 4.98. The molecule has 2 heterocycles. The lowest BCUT2D eigenvalue weighted by Crippen LogP contribution is -2.53. The van der Waals surface area contributed by atoms with Gasteiger partial charge in [0.2, 0.25) is 0 Å². The van der Waals surface area contributed by atoms with Crippen LogP contribution < -0.4 is 10.1 Å². The molecule has 43 heavy (non-hydrogen) atoms. The smallest absolute Gasteiger partial charge is 0.338 e. The van der Waals surface area contributed by atoms with E-state index in [9.17, 15) is 18.8 Å². The van der Waals surface area contributed by atoms with Crippen LogP contribution in [0.1, 0.15) is 35.8 Å². The number of carbonyl (C=O) groups excluding carboxylic acids is 3. The molecule has 2 aliphatic heterocycles. The number of nitrogens with one attached hydrogen (secondary N) is 1. The molecular formula is C33H35FN4O5. The molecule has 1 N–H and O–H groups in total. The Hall–Kier alpha value is -4.70. The molecule has 2 aliphatic rings. The van der Waals surface area contributed by atoms with E-state index in [1.54, 1.807) is 28.9 Å². The first-order valence-electron chi connectivity index (χ1n) is 14.5. The fourth-order valence-electron chi connectivity index (χ4n) is 5.42. The molecule has 1 fully saturated rings. The molecule has 3 aromatic rings. The molecule has 224 valence electrons. The Kier molecular flexibility index (Phi) is 9.36. The van der Waals surface area contributed by atoms with Gasteiger partial charge < -0.3 is 19.7 Å². The molecule has 1 unspecified atom stereocenters. The minimum Gasteiger partial charge on any atom is -0.463 e. The predicted molar refractivity (Wildman–Crippen MR) is 159 cm³/mol. The van der Waals surface area contributed by atoms with E-state index < -0.39 is 17.8 Å². The molecular weight excluding hydrogens is 551 g/mol. The van der Waals surface area contributed by atoms with Crippen LogP contribution in [0.4, 0.5) is 9.18 Å². The number of halogens is 1. The summed E-state index contributed by atoms with van der Waals surface area (Å²) >= 11 is 0. The topological polar surface area (TPSA) is 91.4 Å². The summed E-state index contributed by atoms with van der Waals surface area (Å²) in [5.74, 6) is -0.178. The van der Waals surface area contributed by atoms with Gasteiger partial charge >= 0.3 is 12.0 Å². The minimum atomic E-state index is -0.757. The van der Waals surface area contributed by atoms with Gasteiger partial charge in [0.1, 0.15) is 17.3 Å². The van der Waals surface area contributed by atoms with Crippen LogP contribution in [0, 0.1) is 5.82 Å². The second kappa shape index (κ2) is 13.5. The number of rotatable bonds is 9. The number of ether oxygens (including phenoxy) is 2. The molecule has 1 saturated heterocycles. The van der Waals surface area contributed by atoms with Crippen molar-refractivity contribution in [2.24, 2.45) is 0 Å². The maximum atomic E-state index is 14.2. The van der Waals surface area contributed by atoms with Gasteiger partial charge in [0.25, 0.3) is 5.91 Å². The molecule has 9 nitrogen and oxygen atoms in total. The van der Waals surface area contributed by atoms with E-state index in [-0.39, 0.29) is 24.1 Å². The number of para-hydroxylation sites is 1. The first-order chi connectivity index (χ1) is 20.9. The Morgan fingerprint density at radius 1 is 0.907 bits per heavy atom. The zero-order valence-corrected chi connectivity index (χ0v) is 24.3. The van der Waals surface area contributed by atoms with Crippen LogP contribution in [0.2, 0.25) is 0 Å². The highest BCUT2D eigenvalue weighted by atomic mass is 19.1. The van der Waals surface area contributed by atoms with Crippen molar-refractivity contribution in [1.29, 1.82) is 0 Å². The molecule has 0 radical (unpaired) electrons. The van der Waals surface area contributed by atoms with Gasteiger partial charge in [0.05, 0.1) is 23.8 Å². The van der Waals surface area contributed by atoms with Crippen molar-refractivity contribution in [2.75, 3.05) is 45.9 Å². The zero-order chi connectivity index (χ0) is 30.3. The fraction of sp³-hybridized carbons (Fsp3) is 0.303. The summed E-state index contributed by atoms with van der Waals surface area (Å²) in [6.45, 7) is 6.16. The van der Waals surface area contributed by atoms with Gasteiger partial charge in [-0.2, -0.15) is 0 Å². The van der Waals surface area contributed by atoms with Gasteiger partial charge in [-0.3, -0.25) is 14.6 Å². The summed E-state index contributed by atoms with van der Waals surface area (Å²) in [4.78, 5) is 45.1. The quantitative estimate of drug-likeness (QED) is 0.356. The summed E-state index contributed by atoms with van der Waals surface area (Å²) in [6, 6.07) is 21.5. The largest absolute Gasteiger partial charge is 0.463 e. The average molecular weight is 587 g/mol. The molecule has 0 saturated carbocycles. The van der Waals surface area contributed by atoms with Crippen LogP contribution >= 0.6 is 0 Å². The summed E-state index contributed by atoms with van der Waals surface area (Å²) in [7, 11) is 0. The molecule has 0 bridgehead atoms. The molecule has 0 aliphatic carbocycles. The molecule has 0 aromatic heterocycles. The van der Waals surface area contributed by atoms with Crippen LogP contribution in [0.3, 0.4) is 0 Å². The Morgan fingerprint density at radius 3 is 2.30 bits per heavy atom. The maximum Gasteiger partial charge on any atom is 0.338 e. The highest BCUT2D eigenvalue weighted by Crippen LogP contribution is 2.34. The maximum absolute atomic E-state index is 14.2. The average Bonchev–Trinajstić information content (AvgIpc) is 3.02. The Labute approximate surface area is 250 Å². The number of benzene rings is 3. The Morgan fingerprint density at radius 2 is 1.60 bits per heavy atom. The SMILES string of the molecule is CCOC(=O)C1=C(CN2CCN(C(=O)c3ccccc3F)CC2)N(CC)C(=O)NC1c1cccc(Oc2ccccc2)c1. The van der Waals surface area contributed by atoms with Crippen LogP contribution in [-0.4, -0.2) is 78.5 Å². The van der Waals surface area contributed by atoms with E-state index in [4.69, 9.17) is 9.47 Å². The van der Waals surface area contributed by atoms with E-state index in [1.807, 2.05) is 61.5 Å². The summed E-state index contributed by atoms with van der Waals surface area (Å²) in [6.07, 6.45) is 0. The third kappa shape index (κ3) is 6.70. The Bertz CT molecular complexity index is 1500. The van der Waals surface area contributed by atoms with E-state index in [1.165, 1.54) is 12.1 Å². The second-order valence-corrected chi connectivity index (χ2v) is 10.2. The summed E-state index contributed by atoms with van der Waals surface area (Å²) in [5, 5.41) is 2.99. The lowest BCUT2D eigenvalue weighted by molar-refractivity contribution is -0.139. The molecule has 5 rings (SSSR count). The Balaban J connectivity index is 1.42. The van der Waals surface area contributed by atoms with Gasteiger partial charge in [-0.05, 0) is 55.8 Å². The first-order valence-corrected chi connectivity index (χ1v) is 14.5. The number of urea groups is 1. The number of amides is 3. The number of hydrogen-bond donors (Lipinski definition) is 1. The van der Waals surface area contributed by atoms with Crippen molar-refractivity contribution < 1.29 is 28.2 Å². The minimum absolute atomic E-state index is 0.0469. The second-order valence-electron chi connectivity index (χ2n) is 10.2. The van der Waals surface area contributed by atoms with Crippen LogP contribution in [0.15, 0.2) is 90.1 Å². The molecule has 3 amide bonds. The lowest BCUT2D eigenvalue weighted by atomic mass is 9.94. The molecule has 3 aromatic carbocycles. The van der Waals surface area contributed by atoms with E-state index in [2.05, 4.69) is 10.2 Å². The number of esters is 1. The normalized spacial score (nSPS) is 17.5. The van der Waals surface area contributed by atoms with Crippen molar-refractivity contribution in [3.8, 4) is 11.5 Å². The number of nitrogens with zero attached hydrogens (tertiary/aromatic N) is 3. The van der Waals surface area contributed by atoms with Crippen LogP contribution in [-0.2, 0) is 9.53 Å². The van der Waals surface area contributed by atoms with E-state index in [0.717, 1.165) is 0 Å². The third-order valence-corrected chi connectivity index (χ3v) is 7.56. The van der Waals surface area contributed by atoms with Crippen molar-refractivity contribution in [3.05, 3.63) is 107 Å². The van der Waals surface area contributed by atoms with Gasteiger partial charge in [-0.1, -0.05) is 42.5 Å². The van der Waals surface area contributed by atoms with Gasteiger partial charge in [-0.15, -0.1) is 0 Å². The van der Waals surface area contributed by atoms with Crippen LogP contribution in [0.5, 0.6) is 11.5 Å². The highest BCUT2D eigenvalue weighted by Gasteiger charge is 2.39. The van der Waals surface area contributed by atoms with Crippen molar-refractivity contribution >= 4 is 17.9 Å².